The maximum atomic E-state index is 11.8. The van der Waals surface area contributed by atoms with Crippen LogP contribution in [0.25, 0.3) is 4.85 Å². The summed E-state index contributed by atoms with van der Waals surface area (Å²) in [5.74, 6) is 0. The standard InChI is InChI=1S/C15H18N2O2/c1-15(2,3)19-14(18)17-13-8-5-10-9-11(16-4)6-7-12(10)13/h6-7,9,13H,5,8H2,1-3H3,(H,17,18). The number of carbonyl (C=O) groups excluding carboxylic acids is 1. The fraction of sp³-hybridized carbons (Fsp3) is 0.467. The van der Waals surface area contributed by atoms with Gasteiger partial charge in [0.1, 0.15) is 5.60 Å². The van der Waals surface area contributed by atoms with Crippen LogP contribution in [0.1, 0.15) is 44.4 Å². The number of fused-ring (bicyclic) bond motifs is 1. The number of rotatable bonds is 1. The smallest absolute Gasteiger partial charge is 0.408 e. The van der Waals surface area contributed by atoms with Gasteiger partial charge in [0.2, 0.25) is 0 Å². The lowest BCUT2D eigenvalue weighted by molar-refractivity contribution is 0.0504. The van der Waals surface area contributed by atoms with E-state index in [0.717, 1.165) is 24.0 Å². The van der Waals surface area contributed by atoms with Crippen molar-refractivity contribution in [1.82, 2.24) is 5.32 Å². The summed E-state index contributed by atoms with van der Waals surface area (Å²) >= 11 is 0. The van der Waals surface area contributed by atoms with E-state index in [2.05, 4.69) is 10.2 Å². The molecule has 0 fully saturated rings. The summed E-state index contributed by atoms with van der Waals surface area (Å²) < 4.78 is 5.26. The highest BCUT2D eigenvalue weighted by Crippen LogP contribution is 2.33. The van der Waals surface area contributed by atoms with Crippen molar-refractivity contribution in [2.75, 3.05) is 0 Å². The van der Waals surface area contributed by atoms with E-state index in [4.69, 9.17) is 11.3 Å². The molecule has 0 saturated carbocycles. The Morgan fingerprint density at radius 3 is 2.84 bits per heavy atom. The van der Waals surface area contributed by atoms with Crippen LogP contribution in [0, 0.1) is 6.57 Å². The Hall–Kier alpha value is -2.02. The Kier molecular flexibility index (Phi) is 3.48. The normalized spacial score (nSPS) is 17.5. The van der Waals surface area contributed by atoms with Gasteiger partial charge in [0, 0.05) is 0 Å². The van der Waals surface area contributed by atoms with Crippen LogP contribution >= 0.6 is 0 Å². The Labute approximate surface area is 113 Å². The van der Waals surface area contributed by atoms with Crippen LogP contribution in [-0.2, 0) is 11.2 Å². The van der Waals surface area contributed by atoms with Crippen molar-refractivity contribution in [1.29, 1.82) is 0 Å². The zero-order chi connectivity index (χ0) is 14.0. The molecule has 1 amide bonds. The molecule has 2 rings (SSSR count). The Morgan fingerprint density at radius 1 is 1.47 bits per heavy atom. The highest BCUT2D eigenvalue weighted by molar-refractivity contribution is 5.69. The Bertz CT molecular complexity index is 538. The summed E-state index contributed by atoms with van der Waals surface area (Å²) in [6.07, 6.45) is 1.36. The topological polar surface area (TPSA) is 42.7 Å². The average Bonchev–Trinajstić information content (AvgIpc) is 2.69. The molecule has 1 aliphatic rings. The summed E-state index contributed by atoms with van der Waals surface area (Å²) in [4.78, 5) is 15.2. The second-order valence-electron chi connectivity index (χ2n) is 5.73. The van der Waals surface area contributed by atoms with Gasteiger partial charge >= 0.3 is 6.09 Å². The van der Waals surface area contributed by atoms with E-state index in [-0.39, 0.29) is 12.1 Å². The zero-order valence-corrected chi connectivity index (χ0v) is 11.5. The third kappa shape index (κ3) is 3.25. The summed E-state index contributed by atoms with van der Waals surface area (Å²) in [5, 5.41) is 2.89. The van der Waals surface area contributed by atoms with E-state index in [1.165, 1.54) is 0 Å². The maximum absolute atomic E-state index is 11.8. The molecular weight excluding hydrogens is 240 g/mol. The molecule has 0 bridgehead atoms. The predicted molar refractivity (Wildman–Crippen MR) is 73.1 cm³/mol. The van der Waals surface area contributed by atoms with E-state index < -0.39 is 5.60 Å². The molecule has 1 N–H and O–H groups in total. The van der Waals surface area contributed by atoms with Crippen molar-refractivity contribution in [3.05, 3.63) is 40.7 Å². The molecule has 0 spiro atoms. The second-order valence-corrected chi connectivity index (χ2v) is 5.73. The number of aryl methyl sites for hydroxylation is 1. The highest BCUT2D eigenvalue weighted by Gasteiger charge is 2.26. The number of carbonyl (C=O) groups is 1. The van der Waals surface area contributed by atoms with E-state index in [1.807, 2.05) is 32.9 Å². The highest BCUT2D eigenvalue weighted by atomic mass is 16.6. The third-order valence-corrected chi connectivity index (χ3v) is 3.02. The number of ether oxygens (including phenoxy) is 1. The number of amides is 1. The lowest BCUT2D eigenvalue weighted by Crippen LogP contribution is -2.34. The zero-order valence-electron chi connectivity index (χ0n) is 11.5. The van der Waals surface area contributed by atoms with E-state index in [1.54, 1.807) is 6.07 Å². The summed E-state index contributed by atoms with van der Waals surface area (Å²) in [6.45, 7) is 12.5. The van der Waals surface area contributed by atoms with Gasteiger partial charge in [-0.2, -0.15) is 0 Å². The molecule has 4 heteroatoms. The molecule has 19 heavy (non-hydrogen) atoms. The Morgan fingerprint density at radius 2 is 2.21 bits per heavy atom. The van der Waals surface area contributed by atoms with Crippen molar-refractivity contribution in [2.24, 2.45) is 0 Å². The van der Waals surface area contributed by atoms with Gasteiger partial charge in [0.05, 0.1) is 12.6 Å². The summed E-state index contributed by atoms with van der Waals surface area (Å²) in [5.41, 5.74) is 2.41. The van der Waals surface area contributed by atoms with E-state index >= 15 is 0 Å². The van der Waals surface area contributed by atoms with Gasteiger partial charge in [-0.3, -0.25) is 0 Å². The SMILES string of the molecule is [C-]#[N+]c1ccc2c(c1)CCC2NC(=O)OC(C)(C)C. The molecule has 1 aromatic carbocycles. The lowest BCUT2D eigenvalue weighted by Gasteiger charge is -2.22. The van der Waals surface area contributed by atoms with Gasteiger partial charge in [-0.25, -0.2) is 9.64 Å². The maximum Gasteiger partial charge on any atom is 0.408 e. The molecule has 0 aromatic heterocycles. The van der Waals surface area contributed by atoms with Crippen molar-refractivity contribution in [3.8, 4) is 0 Å². The Balaban J connectivity index is 2.07. The molecule has 4 nitrogen and oxygen atoms in total. The van der Waals surface area contributed by atoms with Gasteiger partial charge in [-0.15, -0.1) is 0 Å². The van der Waals surface area contributed by atoms with Crippen LogP contribution in [0.3, 0.4) is 0 Å². The number of benzene rings is 1. The molecule has 1 aromatic rings. The average molecular weight is 258 g/mol. The minimum Gasteiger partial charge on any atom is -0.444 e. The van der Waals surface area contributed by atoms with Crippen LogP contribution in [0.4, 0.5) is 10.5 Å². The lowest BCUT2D eigenvalue weighted by atomic mass is 10.1. The number of hydrogen-bond donors (Lipinski definition) is 1. The van der Waals surface area contributed by atoms with Crippen LogP contribution < -0.4 is 5.32 Å². The van der Waals surface area contributed by atoms with Gasteiger partial charge in [0.25, 0.3) is 0 Å². The van der Waals surface area contributed by atoms with Crippen LogP contribution in [0.15, 0.2) is 18.2 Å². The number of nitrogens with zero attached hydrogens (tertiary/aromatic N) is 1. The van der Waals surface area contributed by atoms with Gasteiger partial charge in [0.15, 0.2) is 5.69 Å². The summed E-state index contributed by atoms with van der Waals surface area (Å²) in [7, 11) is 0. The van der Waals surface area contributed by atoms with E-state index in [0.29, 0.717) is 5.69 Å². The number of alkyl carbamates (subject to hydrolysis) is 1. The largest absolute Gasteiger partial charge is 0.444 e. The minimum absolute atomic E-state index is 0.00960. The summed E-state index contributed by atoms with van der Waals surface area (Å²) in [6, 6.07) is 5.61. The quantitative estimate of drug-likeness (QED) is 0.779. The third-order valence-electron chi connectivity index (χ3n) is 3.02. The van der Waals surface area contributed by atoms with Gasteiger partial charge in [-0.1, -0.05) is 23.8 Å². The molecule has 1 atom stereocenters. The van der Waals surface area contributed by atoms with Crippen LogP contribution in [0.5, 0.6) is 0 Å². The first-order chi connectivity index (χ1) is 8.89. The monoisotopic (exact) mass is 258 g/mol. The first-order valence-electron chi connectivity index (χ1n) is 6.39. The first-order valence-corrected chi connectivity index (χ1v) is 6.39. The van der Waals surface area contributed by atoms with Gasteiger partial charge in [-0.05, 0) is 39.2 Å². The van der Waals surface area contributed by atoms with Gasteiger partial charge < -0.3 is 10.1 Å². The first kappa shape index (κ1) is 13.4. The fourth-order valence-electron chi connectivity index (χ4n) is 2.27. The molecular formula is C15H18N2O2. The number of hydrogen-bond acceptors (Lipinski definition) is 2. The molecule has 100 valence electrons. The molecule has 0 saturated heterocycles. The van der Waals surface area contributed by atoms with Crippen molar-refractivity contribution < 1.29 is 9.53 Å². The molecule has 0 radical (unpaired) electrons. The number of nitrogens with one attached hydrogen (secondary N) is 1. The van der Waals surface area contributed by atoms with Crippen molar-refractivity contribution >= 4 is 11.8 Å². The molecule has 1 aliphatic carbocycles. The van der Waals surface area contributed by atoms with E-state index in [9.17, 15) is 4.79 Å². The second kappa shape index (κ2) is 4.93. The predicted octanol–water partition coefficient (Wildman–Crippen LogP) is 3.75. The van der Waals surface area contributed by atoms with Crippen LogP contribution in [-0.4, -0.2) is 11.7 Å². The molecule has 1 unspecified atom stereocenters. The van der Waals surface area contributed by atoms with Crippen molar-refractivity contribution in [3.63, 3.8) is 0 Å². The fourth-order valence-corrected chi connectivity index (χ4v) is 2.27. The molecule has 0 aliphatic heterocycles. The van der Waals surface area contributed by atoms with Crippen LogP contribution in [0.2, 0.25) is 0 Å². The minimum atomic E-state index is -0.487. The molecule has 0 heterocycles. The van der Waals surface area contributed by atoms with Crippen molar-refractivity contribution in [2.45, 2.75) is 45.3 Å².